The standard InChI is InChI=1S/C15H24FN3O2/c1-3-10(4-2)14(20)9-18-8-11-5-6-12(16)7-13(11)15(17)19-21/h5-7,10,14,18,20-21H,3-4,8-9H2,1-2H3,(H2,17,19). The van der Waals surface area contributed by atoms with Gasteiger partial charge in [0.1, 0.15) is 5.82 Å². The molecule has 0 heterocycles. The third-order valence-electron chi connectivity index (χ3n) is 3.72. The first-order valence-electron chi connectivity index (χ1n) is 7.18. The van der Waals surface area contributed by atoms with Crippen molar-refractivity contribution in [2.24, 2.45) is 16.8 Å². The van der Waals surface area contributed by atoms with Gasteiger partial charge in [0.05, 0.1) is 6.10 Å². The van der Waals surface area contributed by atoms with E-state index in [1.54, 1.807) is 6.07 Å². The molecule has 0 amide bonds. The highest BCUT2D eigenvalue weighted by atomic mass is 19.1. The highest BCUT2D eigenvalue weighted by Gasteiger charge is 2.15. The number of nitrogens with zero attached hydrogens (tertiary/aromatic N) is 1. The lowest BCUT2D eigenvalue weighted by Crippen LogP contribution is -2.32. The molecule has 21 heavy (non-hydrogen) atoms. The lowest BCUT2D eigenvalue weighted by molar-refractivity contribution is 0.101. The van der Waals surface area contributed by atoms with Crippen LogP contribution in [0.2, 0.25) is 0 Å². The van der Waals surface area contributed by atoms with Crippen LogP contribution in [0.15, 0.2) is 23.4 Å². The molecule has 5 N–H and O–H groups in total. The fraction of sp³-hybridized carbons (Fsp3) is 0.533. The van der Waals surface area contributed by atoms with E-state index in [1.807, 2.05) is 13.8 Å². The molecule has 0 saturated heterocycles. The summed E-state index contributed by atoms with van der Waals surface area (Å²) in [5.41, 5.74) is 6.60. The van der Waals surface area contributed by atoms with E-state index >= 15 is 0 Å². The normalized spacial score (nSPS) is 13.7. The Morgan fingerprint density at radius 3 is 2.62 bits per heavy atom. The molecule has 5 nitrogen and oxygen atoms in total. The van der Waals surface area contributed by atoms with Crippen LogP contribution in [0.25, 0.3) is 0 Å². The number of nitrogens with one attached hydrogen (secondary N) is 1. The number of aliphatic hydroxyl groups is 1. The van der Waals surface area contributed by atoms with Crippen molar-refractivity contribution < 1.29 is 14.7 Å². The van der Waals surface area contributed by atoms with Gasteiger partial charge in [0.25, 0.3) is 0 Å². The van der Waals surface area contributed by atoms with Crippen LogP contribution in [-0.2, 0) is 6.54 Å². The van der Waals surface area contributed by atoms with Gasteiger partial charge in [0, 0.05) is 18.7 Å². The van der Waals surface area contributed by atoms with Crippen LogP contribution in [-0.4, -0.2) is 28.8 Å². The van der Waals surface area contributed by atoms with E-state index in [2.05, 4.69) is 10.5 Å². The maximum atomic E-state index is 13.2. The highest BCUT2D eigenvalue weighted by molar-refractivity contribution is 5.98. The molecular formula is C15H24FN3O2. The van der Waals surface area contributed by atoms with E-state index in [9.17, 15) is 9.50 Å². The van der Waals surface area contributed by atoms with Crippen molar-refractivity contribution >= 4 is 5.84 Å². The molecule has 1 rings (SSSR count). The predicted molar refractivity (Wildman–Crippen MR) is 80.7 cm³/mol. The Balaban J connectivity index is 2.68. The fourth-order valence-electron chi connectivity index (χ4n) is 2.35. The Kier molecular flexibility index (Phi) is 7.11. The summed E-state index contributed by atoms with van der Waals surface area (Å²) in [7, 11) is 0. The first-order chi connectivity index (χ1) is 10.0. The Morgan fingerprint density at radius 1 is 1.38 bits per heavy atom. The second kappa shape index (κ2) is 8.59. The van der Waals surface area contributed by atoms with Crippen molar-refractivity contribution in [1.82, 2.24) is 5.32 Å². The Bertz CT molecular complexity index is 476. The summed E-state index contributed by atoms with van der Waals surface area (Å²) < 4.78 is 13.2. The minimum atomic E-state index is -0.447. The van der Waals surface area contributed by atoms with Crippen LogP contribution in [0.3, 0.4) is 0 Å². The number of aliphatic hydroxyl groups excluding tert-OH is 1. The fourth-order valence-corrected chi connectivity index (χ4v) is 2.35. The third-order valence-corrected chi connectivity index (χ3v) is 3.72. The third kappa shape index (κ3) is 4.99. The van der Waals surface area contributed by atoms with E-state index in [1.165, 1.54) is 12.1 Å². The number of amidine groups is 1. The summed E-state index contributed by atoms with van der Waals surface area (Å²) in [6.45, 7) is 4.95. The number of nitrogens with two attached hydrogens (primary N) is 1. The van der Waals surface area contributed by atoms with Crippen molar-refractivity contribution in [2.45, 2.75) is 39.3 Å². The van der Waals surface area contributed by atoms with Gasteiger partial charge >= 0.3 is 0 Å². The van der Waals surface area contributed by atoms with Crippen LogP contribution in [0.5, 0.6) is 0 Å². The number of halogens is 1. The molecule has 0 aliphatic rings. The molecule has 0 aliphatic carbocycles. The summed E-state index contributed by atoms with van der Waals surface area (Å²) in [5.74, 6) is -0.321. The first kappa shape index (κ1) is 17.4. The average Bonchev–Trinajstić information content (AvgIpc) is 2.49. The number of benzene rings is 1. The van der Waals surface area contributed by atoms with Gasteiger partial charge in [-0.2, -0.15) is 0 Å². The summed E-state index contributed by atoms with van der Waals surface area (Å²) in [4.78, 5) is 0. The van der Waals surface area contributed by atoms with Gasteiger partial charge in [-0.25, -0.2) is 4.39 Å². The summed E-state index contributed by atoms with van der Waals surface area (Å²) in [5, 5.41) is 24.8. The van der Waals surface area contributed by atoms with E-state index in [0.29, 0.717) is 24.2 Å². The van der Waals surface area contributed by atoms with Gasteiger partial charge in [-0.05, 0) is 23.6 Å². The van der Waals surface area contributed by atoms with E-state index in [-0.39, 0.29) is 11.8 Å². The SMILES string of the molecule is CCC(CC)C(O)CNCc1ccc(F)cc1/C(N)=N/O. The number of oxime groups is 1. The summed E-state index contributed by atoms with van der Waals surface area (Å²) in [6, 6.07) is 4.13. The smallest absolute Gasteiger partial charge is 0.170 e. The topological polar surface area (TPSA) is 90.9 Å². The van der Waals surface area contributed by atoms with Crippen molar-refractivity contribution in [3.63, 3.8) is 0 Å². The molecule has 0 fully saturated rings. The molecule has 118 valence electrons. The predicted octanol–water partition coefficient (Wildman–Crippen LogP) is 1.81. The van der Waals surface area contributed by atoms with Crippen molar-refractivity contribution in [1.29, 1.82) is 0 Å². The van der Waals surface area contributed by atoms with Gasteiger partial charge in [-0.1, -0.05) is 37.9 Å². The molecule has 1 atom stereocenters. The van der Waals surface area contributed by atoms with Gasteiger partial charge in [0.15, 0.2) is 5.84 Å². The van der Waals surface area contributed by atoms with Gasteiger partial charge in [-0.3, -0.25) is 0 Å². The van der Waals surface area contributed by atoms with Gasteiger partial charge < -0.3 is 21.4 Å². The van der Waals surface area contributed by atoms with Crippen LogP contribution in [0.4, 0.5) is 4.39 Å². The lowest BCUT2D eigenvalue weighted by atomic mass is 9.96. The second-order valence-electron chi connectivity index (χ2n) is 5.06. The molecule has 0 radical (unpaired) electrons. The molecule has 0 aromatic heterocycles. The Morgan fingerprint density at radius 2 is 2.05 bits per heavy atom. The zero-order chi connectivity index (χ0) is 15.8. The summed E-state index contributed by atoms with van der Waals surface area (Å²) in [6.07, 6.45) is 1.42. The molecule has 1 unspecified atom stereocenters. The zero-order valence-corrected chi connectivity index (χ0v) is 12.5. The van der Waals surface area contributed by atoms with E-state index < -0.39 is 11.9 Å². The second-order valence-corrected chi connectivity index (χ2v) is 5.06. The average molecular weight is 297 g/mol. The maximum absolute atomic E-state index is 13.2. The largest absolute Gasteiger partial charge is 0.409 e. The lowest BCUT2D eigenvalue weighted by Gasteiger charge is -2.20. The molecular weight excluding hydrogens is 273 g/mol. The Hall–Kier alpha value is -1.66. The Labute approximate surface area is 124 Å². The molecule has 0 aliphatic heterocycles. The van der Waals surface area contributed by atoms with E-state index in [4.69, 9.17) is 10.9 Å². The molecule has 1 aromatic rings. The van der Waals surface area contributed by atoms with Crippen LogP contribution in [0, 0.1) is 11.7 Å². The highest BCUT2D eigenvalue weighted by Crippen LogP contribution is 2.14. The number of hydrogen-bond donors (Lipinski definition) is 4. The molecule has 0 saturated carbocycles. The van der Waals surface area contributed by atoms with Crippen molar-refractivity contribution in [2.75, 3.05) is 6.54 Å². The first-order valence-corrected chi connectivity index (χ1v) is 7.18. The number of rotatable bonds is 8. The minimum Gasteiger partial charge on any atom is -0.409 e. The monoisotopic (exact) mass is 297 g/mol. The quantitative estimate of drug-likeness (QED) is 0.255. The van der Waals surface area contributed by atoms with Crippen molar-refractivity contribution in [3.8, 4) is 0 Å². The number of hydrogen-bond acceptors (Lipinski definition) is 4. The molecule has 0 bridgehead atoms. The van der Waals surface area contributed by atoms with E-state index in [0.717, 1.165) is 12.8 Å². The molecule has 6 heteroatoms. The maximum Gasteiger partial charge on any atom is 0.170 e. The zero-order valence-electron chi connectivity index (χ0n) is 12.5. The van der Waals surface area contributed by atoms with Crippen LogP contribution < -0.4 is 11.1 Å². The minimum absolute atomic E-state index is 0.133. The molecule has 0 spiro atoms. The van der Waals surface area contributed by atoms with Gasteiger partial charge in [0.2, 0.25) is 0 Å². The van der Waals surface area contributed by atoms with Crippen LogP contribution in [0.1, 0.15) is 37.8 Å². The van der Waals surface area contributed by atoms with Gasteiger partial charge in [-0.15, -0.1) is 0 Å². The molecule has 1 aromatic carbocycles. The summed E-state index contributed by atoms with van der Waals surface area (Å²) >= 11 is 0. The van der Waals surface area contributed by atoms with Crippen molar-refractivity contribution in [3.05, 3.63) is 35.1 Å². The van der Waals surface area contributed by atoms with Crippen LogP contribution >= 0.6 is 0 Å².